The molecule has 0 spiro atoms. The molecule has 0 saturated carbocycles. The third-order valence-electron chi connectivity index (χ3n) is 3.90. The highest BCUT2D eigenvalue weighted by molar-refractivity contribution is 6.42. The molecule has 0 bridgehead atoms. The number of hydrogen-bond donors (Lipinski definition) is 1. The highest BCUT2D eigenvalue weighted by atomic mass is 35.5. The second kappa shape index (κ2) is 6.27. The van der Waals surface area contributed by atoms with Crippen LogP contribution in [0.2, 0.25) is 10.0 Å². The molecule has 4 heteroatoms. The van der Waals surface area contributed by atoms with E-state index in [1.54, 1.807) is 6.07 Å². The van der Waals surface area contributed by atoms with Crippen LogP contribution in [0, 0.1) is 0 Å². The third-order valence-corrected chi connectivity index (χ3v) is 4.64. The zero-order valence-electron chi connectivity index (χ0n) is 11.4. The Morgan fingerprint density at radius 2 is 1.95 bits per heavy atom. The second-order valence-corrected chi connectivity index (χ2v) is 6.12. The van der Waals surface area contributed by atoms with E-state index in [4.69, 9.17) is 27.9 Å². The number of para-hydroxylation sites is 1. The van der Waals surface area contributed by atoms with Gasteiger partial charge in [-0.05, 0) is 42.2 Å². The maximum Gasteiger partial charge on any atom is 0.122 e. The zero-order valence-corrected chi connectivity index (χ0v) is 12.9. The van der Waals surface area contributed by atoms with Gasteiger partial charge in [0.05, 0.1) is 22.8 Å². The van der Waals surface area contributed by atoms with Gasteiger partial charge in [0, 0.05) is 5.92 Å². The van der Waals surface area contributed by atoms with Crippen molar-refractivity contribution in [2.75, 3.05) is 6.61 Å². The average molecular weight is 323 g/mol. The summed E-state index contributed by atoms with van der Waals surface area (Å²) in [5.41, 5.74) is 2.07. The van der Waals surface area contributed by atoms with Crippen LogP contribution in [0.15, 0.2) is 42.5 Å². The van der Waals surface area contributed by atoms with Gasteiger partial charge in [0.2, 0.25) is 0 Å². The fourth-order valence-electron chi connectivity index (χ4n) is 2.82. The van der Waals surface area contributed by atoms with Crippen LogP contribution in [0.5, 0.6) is 5.75 Å². The number of benzene rings is 2. The maximum absolute atomic E-state index is 10.6. The van der Waals surface area contributed by atoms with Crippen LogP contribution in [-0.4, -0.2) is 17.8 Å². The Hall–Kier alpha value is -1.22. The molecule has 2 aromatic carbocycles. The van der Waals surface area contributed by atoms with E-state index in [1.165, 1.54) is 0 Å². The largest absolute Gasteiger partial charge is 0.493 e. The molecular formula is C17H16Cl2O2. The number of rotatable bonds is 3. The van der Waals surface area contributed by atoms with Gasteiger partial charge < -0.3 is 9.84 Å². The van der Waals surface area contributed by atoms with E-state index in [0.29, 0.717) is 23.1 Å². The maximum atomic E-state index is 10.6. The molecule has 21 heavy (non-hydrogen) atoms. The molecule has 0 amide bonds. The normalized spacial score (nSPS) is 18.7. The molecule has 1 heterocycles. The number of aliphatic hydroxyl groups excluding tert-OH is 1. The van der Waals surface area contributed by atoms with Crippen molar-refractivity contribution in [3.63, 3.8) is 0 Å². The molecule has 1 aliphatic heterocycles. The molecule has 110 valence electrons. The molecule has 0 radical (unpaired) electrons. The van der Waals surface area contributed by atoms with Gasteiger partial charge in [-0.25, -0.2) is 0 Å². The molecule has 1 aliphatic rings. The van der Waals surface area contributed by atoms with Crippen LogP contribution in [-0.2, 0) is 6.42 Å². The molecule has 2 nitrogen and oxygen atoms in total. The fourth-order valence-corrected chi connectivity index (χ4v) is 3.14. The van der Waals surface area contributed by atoms with Gasteiger partial charge in [-0.1, -0.05) is 47.5 Å². The standard InChI is InChI=1S/C17H16Cl2O2/c18-14-6-5-11(9-15(14)19)10-16(20)12-7-8-21-17-4-2-1-3-13(12)17/h1-6,9,12,16,20H,7-8,10H2. The van der Waals surface area contributed by atoms with Crippen molar-refractivity contribution in [1.29, 1.82) is 0 Å². The lowest BCUT2D eigenvalue weighted by molar-refractivity contribution is 0.116. The minimum Gasteiger partial charge on any atom is -0.493 e. The first kappa shape index (κ1) is 14.7. The summed E-state index contributed by atoms with van der Waals surface area (Å²) in [6, 6.07) is 13.4. The molecule has 1 N–H and O–H groups in total. The van der Waals surface area contributed by atoms with Crippen LogP contribution in [0.4, 0.5) is 0 Å². The van der Waals surface area contributed by atoms with Crippen LogP contribution in [0.25, 0.3) is 0 Å². The monoisotopic (exact) mass is 322 g/mol. The highest BCUT2D eigenvalue weighted by Crippen LogP contribution is 2.36. The molecule has 2 unspecified atom stereocenters. The number of halogens is 2. The van der Waals surface area contributed by atoms with Gasteiger partial charge >= 0.3 is 0 Å². The van der Waals surface area contributed by atoms with Crippen molar-refractivity contribution in [2.24, 2.45) is 0 Å². The molecule has 0 saturated heterocycles. The van der Waals surface area contributed by atoms with E-state index in [9.17, 15) is 5.11 Å². The Kier molecular flexibility index (Phi) is 4.39. The SMILES string of the molecule is OC(Cc1ccc(Cl)c(Cl)c1)C1CCOc2ccccc21. The predicted octanol–water partition coefficient (Wildman–Crippen LogP) is 4.46. The molecule has 2 aromatic rings. The van der Waals surface area contributed by atoms with Gasteiger partial charge in [-0.2, -0.15) is 0 Å². The van der Waals surface area contributed by atoms with E-state index in [2.05, 4.69) is 0 Å². The summed E-state index contributed by atoms with van der Waals surface area (Å²) in [5, 5.41) is 11.7. The van der Waals surface area contributed by atoms with Crippen LogP contribution in [0.1, 0.15) is 23.5 Å². The zero-order chi connectivity index (χ0) is 14.8. The van der Waals surface area contributed by atoms with Crippen LogP contribution < -0.4 is 4.74 Å². The lowest BCUT2D eigenvalue weighted by atomic mass is 9.85. The Balaban J connectivity index is 1.80. The first-order valence-electron chi connectivity index (χ1n) is 6.99. The van der Waals surface area contributed by atoms with Crippen molar-refractivity contribution in [3.05, 3.63) is 63.6 Å². The number of hydrogen-bond acceptors (Lipinski definition) is 2. The molecule has 0 aromatic heterocycles. The second-order valence-electron chi connectivity index (χ2n) is 5.30. The molecule has 2 atom stereocenters. The minimum absolute atomic E-state index is 0.0874. The van der Waals surface area contributed by atoms with Crippen molar-refractivity contribution in [3.8, 4) is 5.75 Å². The Bertz CT molecular complexity index is 642. The van der Waals surface area contributed by atoms with Gasteiger partial charge in [-0.15, -0.1) is 0 Å². The first-order chi connectivity index (χ1) is 10.1. The minimum atomic E-state index is -0.465. The lowest BCUT2D eigenvalue weighted by Crippen LogP contribution is -2.26. The van der Waals surface area contributed by atoms with Crippen molar-refractivity contribution < 1.29 is 9.84 Å². The topological polar surface area (TPSA) is 29.5 Å². The van der Waals surface area contributed by atoms with E-state index < -0.39 is 6.10 Å². The lowest BCUT2D eigenvalue weighted by Gasteiger charge is -2.29. The quantitative estimate of drug-likeness (QED) is 0.903. The Morgan fingerprint density at radius 1 is 1.14 bits per heavy atom. The van der Waals surface area contributed by atoms with E-state index in [1.807, 2.05) is 36.4 Å². The van der Waals surface area contributed by atoms with E-state index in [-0.39, 0.29) is 5.92 Å². The molecule has 0 fully saturated rings. The number of aliphatic hydroxyl groups is 1. The van der Waals surface area contributed by atoms with E-state index >= 15 is 0 Å². The predicted molar refractivity (Wildman–Crippen MR) is 85.5 cm³/mol. The van der Waals surface area contributed by atoms with Crippen LogP contribution >= 0.6 is 23.2 Å². The van der Waals surface area contributed by atoms with Crippen molar-refractivity contribution in [2.45, 2.75) is 24.9 Å². The molecule has 0 aliphatic carbocycles. The summed E-state index contributed by atoms with van der Waals surface area (Å²) in [6.07, 6.45) is 0.905. The molecular weight excluding hydrogens is 307 g/mol. The van der Waals surface area contributed by atoms with Gasteiger partial charge in [0.1, 0.15) is 5.75 Å². The third kappa shape index (κ3) is 3.18. The van der Waals surface area contributed by atoms with Crippen LogP contribution in [0.3, 0.4) is 0 Å². The Labute approximate surface area is 134 Å². The number of ether oxygens (including phenoxy) is 1. The molecule has 3 rings (SSSR count). The van der Waals surface area contributed by atoms with Gasteiger partial charge in [0.25, 0.3) is 0 Å². The summed E-state index contributed by atoms with van der Waals surface area (Å²) >= 11 is 12.0. The van der Waals surface area contributed by atoms with Crippen molar-refractivity contribution in [1.82, 2.24) is 0 Å². The number of fused-ring (bicyclic) bond motifs is 1. The summed E-state index contributed by atoms with van der Waals surface area (Å²) in [4.78, 5) is 0. The average Bonchev–Trinajstić information content (AvgIpc) is 2.50. The highest BCUT2D eigenvalue weighted by Gasteiger charge is 2.27. The smallest absolute Gasteiger partial charge is 0.122 e. The summed E-state index contributed by atoms with van der Waals surface area (Å²) in [5.74, 6) is 0.964. The summed E-state index contributed by atoms with van der Waals surface area (Å²) < 4.78 is 5.64. The first-order valence-corrected chi connectivity index (χ1v) is 7.74. The van der Waals surface area contributed by atoms with E-state index in [0.717, 1.165) is 23.3 Å². The van der Waals surface area contributed by atoms with Gasteiger partial charge in [-0.3, -0.25) is 0 Å². The summed E-state index contributed by atoms with van der Waals surface area (Å²) in [7, 11) is 0. The van der Waals surface area contributed by atoms with Crippen molar-refractivity contribution >= 4 is 23.2 Å². The summed E-state index contributed by atoms with van der Waals surface area (Å²) in [6.45, 7) is 0.639. The fraction of sp³-hybridized carbons (Fsp3) is 0.294. The Morgan fingerprint density at radius 3 is 2.76 bits per heavy atom. The van der Waals surface area contributed by atoms with Gasteiger partial charge in [0.15, 0.2) is 0 Å².